The van der Waals surface area contributed by atoms with Gasteiger partial charge in [-0.2, -0.15) is 0 Å². The van der Waals surface area contributed by atoms with Crippen molar-refractivity contribution in [2.75, 3.05) is 50.6 Å². The van der Waals surface area contributed by atoms with Crippen molar-refractivity contribution in [3.8, 4) is 22.1 Å². The van der Waals surface area contributed by atoms with Crippen LogP contribution in [0.4, 0.5) is 16.3 Å². The maximum absolute atomic E-state index is 12.7. The van der Waals surface area contributed by atoms with E-state index in [1.54, 1.807) is 48.7 Å². The van der Waals surface area contributed by atoms with Crippen molar-refractivity contribution in [2.24, 2.45) is 0 Å². The number of piperazine rings is 1. The third-order valence-electron chi connectivity index (χ3n) is 4.97. The van der Waals surface area contributed by atoms with Gasteiger partial charge >= 0.3 is 6.03 Å². The zero-order chi connectivity index (χ0) is 20.9. The molecular weight excluding hydrogens is 402 g/mol. The Morgan fingerprint density at radius 2 is 1.87 bits per heavy atom. The molecule has 0 unspecified atom stereocenters. The molecule has 3 heterocycles. The van der Waals surface area contributed by atoms with Crippen LogP contribution < -0.4 is 19.7 Å². The number of methoxy groups -OCH3 is 2. The Bertz CT molecular complexity index is 986. The quantitative estimate of drug-likeness (QED) is 0.673. The summed E-state index contributed by atoms with van der Waals surface area (Å²) in [6.07, 6.45) is 0. The molecule has 4 rings (SSSR count). The lowest BCUT2D eigenvalue weighted by Crippen LogP contribution is -2.50. The molecule has 0 atom stereocenters. The van der Waals surface area contributed by atoms with Crippen molar-refractivity contribution in [1.82, 2.24) is 15.1 Å². The fourth-order valence-electron chi connectivity index (χ4n) is 3.28. The molecule has 0 aliphatic carbocycles. The Balaban J connectivity index is 1.34. The van der Waals surface area contributed by atoms with Crippen LogP contribution in [-0.4, -0.2) is 61.5 Å². The normalized spacial score (nSPS) is 13.8. The van der Waals surface area contributed by atoms with E-state index in [-0.39, 0.29) is 6.03 Å². The van der Waals surface area contributed by atoms with Crippen LogP contribution in [0, 0.1) is 0 Å². The van der Waals surface area contributed by atoms with E-state index in [2.05, 4.69) is 20.4 Å². The number of nitrogens with zero attached hydrogens (tertiary/aromatic N) is 4. The first-order valence-electron chi connectivity index (χ1n) is 9.58. The van der Waals surface area contributed by atoms with Crippen molar-refractivity contribution in [2.45, 2.75) is 0 Å². The Hall–Kier alpha value is -3.33. The summed E-state index contributed by atoms with van der Waals surface area (Å²) in [5, 5.41) is 13.7. The second kappa shape index (κ2) is 9.00. The molecule has 30 heavy (non-hydrogen) atoms. The number of thiophene rings is 1. The highest BCUT2D eigenvalue weighted by Gasteiger charge is 2.23. The van der Waals surface area contributed by atoms with E-state index >= 15 is 0 Å². The van der Waals surface area contributed by atoms with Crippen LogP contribution in [0.2, 0.25) is 0 Å². The summed E-state index contributed by atoms with van der Waals surface area (Å²) < 4.78 is 10.5. The Morgan fingerprint density at radius 3 is 2.50 bits per heavy atom. The third-order valence-corrected chi connectivity index (χ3v) is 5.86. The molecule has 3 aromatic rings. The van der Waals surface area contributed by atoms with E-state index < -0.39 is 0 Å². The van der Waals surface area contributed by atoms with Gasteiger partial charge in [-0.25, -0.2) is 4.79 Å². The van der Waals surface area contributed by atoms with E-state index in [1.165, 1.54) is 0 Å². The summed E-state index contributed by atoms with van der Waals surface area (Å²) in [7, 11) is 3.15. The molecule has 1 aliphatic rings. The van der Waals surface area contributed by atoms with Crippen molar-refractivity contribution >= 4 is 28.9 Å². The highest BCUT2D eigenvalue weighted by molar-refractivity contribution is 7.13. The highest BCUT2D eigenvalue weighted by Crippen LogP contribution is 2.29. The fourth-order valence-corrected chi connectivity index (χ4v) is 3.97. The minimum Gasteiger partial charge on any atom is -0.497 e. The molecular formula is C21H23N5O3S. The van der Waals surface area contributed by atoms with Gasteiger partial charge in [0.2, 0.25) is 0 Å². The van der Waals surface area contributed by atoms with Crippen LogP contribution >= 0.6 is 11.3 Å². The Morgan fingerprint density at radius 1 is 1.03 bits per heavy atom. The zero-order valence-corrected chi connectivity index (χ0v) is 17.7. The first-order chi connectivity index (χ1) is 14.7. The van der Waals surface area contributed by atoms with Crippen molar-refractivity contribution in [3.05, 3.63) is 47.8 Å². The summed E-state index contributed by atoms with van der Waals surface area (Å²) >= 11 is 1.64. The van der Waals surface area contributed by atoms with Gasteiger partial charge in [0, 0.05) is 32.2 Å². The lowest BCUT2D eigenvalue weighted by molar-refractivity contribution is 0.208. The summed E-state index contributed by atoms with van der Waals surface area (Å²) in [4.78, 5) is 17.7. The molecule has 1 fully saturated rings. The monoisotopic (exact) mass is 425 g/mol. The number of rotatable bonds is 5. The van der Waals surface area contributed by atoms with Crippen molar-refractivity contribution in [1.29, 1.82) is 0 Å². The number of benzene rings is 1. The van der Waals surface area contributed by atoms with Gasteiger partial charge in [-0.15, -0.1) is 21.5 Å². The molecule has 156 valence electrons. The first-order valence-corrected chi connectivity index (χ1v) is 10.5. The highest BCUT2D eigenvalue weighted by atomic mass is 32.1. The molecule has 9 heteroatoms. The van der Waals surface area contributed by atoms with Gasteiger partial charge in [-0.1, -0.05) is 6.07 Å². The van der Waals surface area contributed by atoms with Gasteiger partial charge in [0.05, 0.1) is 24.8 Å². The molecule has 1 saturated heterocycles. The summed E-state index contributed by atoms with van der Waals surface area (Å²) in [6, 6.07) is 13.2. The average molecular weight is 426 g/mol. The second-order valence-electron chi connectivity index (χ2n) is 6.72. The smallest absolute Gasteiger partial charge is 0.322 e. The molecule has 2 aromatic heterocycles. The maximum Gasteiger partial charge on any atom is 0.322 e. The number of nitrogens with one attached hydrogen (secondary N) is 1. The van der Waals surface area contributed by atoms with Crippen LogP contribution in [0.3, 0.4) is 0 Å². The van der Waals surface area contributed by atoms with Crippen LogP contribution in [0.15, 0.2) is 47.8 Å². The topological polar surface area (TPSA) is 79.8 Å². The molecule has 1 aromatic carbocycles. The summed E-state index contributed by atoms with van der Waals surface area (Å²) in [5.74, 6) is 2.05. The van der Waals surface area contributed by atoms with Crippen LogP contribution in [0.1, 0.15) is 0 Å². The van der Waals surface area contributed by atoms with Crippen molar-refractivity contribution in [3.63, 3.8) is 0 Å². The summed E-state index contributed by atoms with van der Waals surface area (Å²) in [5.41, 5.74) is 1.49. The number of ether oxygens (including phenoxy) is 2. The molecule has 8 nitrogen and oxygen atoms in total. The predicted molar refractivity (Wildman–Crippen MR) is 118 cm³/mol. The Labute approximate surface area is 179 Å². The fraction of sp³-hybridized carbons (Fsp3) is 0.286. The van der Waals surface area contributed by atoms with Gasteiger partial charge in [-0.05, 0) is 35.7 Å². The Kier molecular flexibility index (Phi) is 5.99. The number of amides is 2. The molecule has 0 bridgehead atoms. The molecule has 0 radical (unpaired) electrons. The third kappa shape index (κ3) is 4.30. The zero-order valence-electron chi connectivity index (χ0n) is 16.9. The summed E-state index contributed by atoms with van der Waals surface area (Å²) in [6.45, 7) is 2.58. The SMILES string of the molecule is COc1ccc(NC(=O)N2CCN(c3ccc(-c4cccs4)nn3)CC2)c(OC)c1. The van der Waals surface area contributed by atoms with E-state index in [9.17, 15) is 4.79 Å². The second-order valence-corrected chi connectivity index (χ2v) is 7.67. The van der Waals surface area contributed by atoms with E-state index in [4.69, 9.17) is 9.47 Å². The molecule has 2 amide bonds. The number of carbonyl (C=O) groups excluding carboxylic acids is 1. The number of carbonyl (C=O) groups is 1. The van der Waals surface area contributed by atoms with Gasteiger partial charge < -0.3 is 24.6 Å². The number of urea groups is 1. The number of anilines is 2. The van der Waals surface area contributed by atoms with Gasteiger partial charge in [0.25, 0.3) is 0 Å². The van der Waals surface area contributed by atoms with Gasteiger partial charge in [-0.3, -0.25) is 0 Å². The number of hydrogen-bond donors (Lipinski definition) is 1. The molecule has 1 aliphatic heterocycles. The molecule has 1 N–H and O–H groups in total. The van der Waals surface area contributed by atoms with E-state index in [0.717, 1.165) is 16.4 Å². The minimum atomic E-state index is -0.155. The van der Waals surface area contributed by atoms with Gasteiger partial charge in [0.1, 0.15) is 17.2 Å². The number of aromatic nitrogens is 2. The number of hydrogen-bond acceptors (Lipinski definition) is 7. The van der Waals surface area contributed by atoms with Crippen molar-refractivity contribution < 1.29 is 14.3 Å². The van der Waals surface area contributed by atoms with Crippen LogP contribution in [-0.2, 0) is 0 Å². The maximum atomic E-state index is 12.7. The van der Waals surface area contributed by atoms with E-state index in [1.807, 2.05) is 29.6 Å². The minimum absolute atomic E-state index is 0.155. The average Bonchev–Trinajstić information content (AvgIpc) is 3.34. The van der Waals surface area contributed by atoms with Gasteiger partial charge in [0.15, 0.2) is 5.82 Å². The standard InChI is InChI=1S/C21H23N5O3S/c1-28-15-5-6-16(18(14-15)29-2)22-21(27)26-11-9-25(10-12-26)20-8-7-17(23-24-20)19-4-3-13-30-19/h3-8,13-14H,9-12H2,1-2H3,(H,22,27). The lowest BCUT2D eigenvalue weighted by Gasteiger charge is -2.35. The van der Waals surface area contributed by atoms with Crippen LogP contribution in [0.25, 0.3) is 10.6 Å². The lowest BCUT2D eigenvalue weighted by atomic mass is 10.2. The largest absolute Gasteiger partial charge is 0.497 e. The van der Waals surface area contributed by atoms with E-state index in [0.29, 0.717) is 43.4 Å². The molecule has 0 spiro atoms. The van der Waals surface area contributed by atoms with Crippen LogP contribution in [0.5, 0.6) is 11.5 Å². The predicted octanol–water partition coefficient (Wildman–Crippen LogP) is 3.58. The molecule has 0 saturated carbocycles. The first kappa shape index (κ1) is 20.0.